The average Bonchev–Trinajstić information content (AvgIpc) is 2.85. The molecule has 33 heavy (non-hydrogen) atoms. The quantitative estimate of drug-likeness (QED) is 0.582. The van der Waals surface area contributed by atoms with Crippen molar-refractivity contribution in [1.82, 2.24) is 20.2 Å². The second kappa shape index (κ2) is 10.6. The molecule has 0 unspecified atom stereocenters. The van der Waals surface area contributed by atoms with Gasteiger partial charge in [0.05, 0.1) is 18.8 Å². The molecule has 1 N–H and O–H groups in total. The van der Waals surface area contributed by atoms with Crippen molar-refractivity contribution in [2.75, 3.05) is 20.2 Å². The molecule has 3 aromatic rings. The van der Waals surface area contributed by atoms with Crippen LogP contribution in [0, 0.1) is 19.8 Å². The molecule has 0 spiro atoms. The first kappa shape index (κ1) is 22.9. The molecule has 0 radical (unpaired) electrons. The Hall–Kier alpha value is -3.25. The molecule has 1 saturated heterocycles. The maximum atomic E-state index is 13.0. The number of likely N-dealkylation sites (tertiary alicyclic amines) is 1. The fraction of sp³-hybridized carbons (Fsp3) is 0.370. The molecule has 1 aliphatic heterocycles. The van der Waals surface area contributed by atoms with E-state index in [4.69, 9.17) is 4.74 Å². The van der Waals surface area contributed by atoms with E-state index in [1.165, 1.54) is 11.1 Å². The number of benzene rings is 1. The van der Waals surface area contributed by atoms with Gasteiger partial charge < -0.3 is 10.1 Å². The number of nitrogens with one attached hydrogen (secondary N) is 1. The number of rotatable bonds is 7. The summed E-state index contributed by atoms with van der Waals surface area (Å²) < 4.78 is 5.48. The molecule has 1 aromatic carbocycles. The molecule has 0 aliphatic carbocycles. The number of pyridine rings is 2. The normalized spacial score (nSPS) is 17.4. The number of hydrogen-bond acceptors (Lipinski definition) is 5. The van der Waals surface area contributed by atoms with Gasteiger partial charge in [-0.3, -0.25) is 19.7 Å². The first-order valence-corrected chi connectivity index (χ1v) is 11.5. The summed E-state index contributed by atoms with van der Waals surface area (Å²) in [5, 5.41) is 3.23. The highest BCUT2D eigenvalue weighted by Crippen LogP contribution is 2.31. The molecule has 2 aromatic heterocycles. The Morgan fingerprint density at radius 1 is 1.12 bits per heavy atom. The zero-order valence-electron chi connectivity index (χ0n) is 19.6. The Kier molecular flexibility index (Phi) is 7.35. The minimum Gasteiger partial charge on any atom is -0.496 e. The summed E-state index contributed by atoms with van der Waals surface area (Å²) >= 11 is 0. The monoisotopic (exact) mass is 444 g/mol. The van der Waals surface area contributed by atoms with Crippen LogP contribution in [-0.4, -0.2) is 41.0 Å². The third-order valence-corrected chi connectivity index (χ3v) is 6.45. The summed E-state index contributed by atoms with van der Waals surface area (Å²) in [6, 6.07) is 15.5. The Bertz CT molecular complexity index is 1070. The van der Waals surface area contributed by atoms with E-state index in [2.05, 4.69) is 46.2 Å². The van der Waals surface area contributed by atoms with Crippen LogP contribution in [0.1, 0.15) is 51.8 Å². The molecular formula is C27H32N4O2. The van der Waals surface area contributed by atoms with Crippen molar-refractivity contribution in [1.29, 1.82) is 0 Å². The minimum atomic E-state index is -0.165. The summed E-state index contributed by atoms with van der Waals surface area (Å²) in [4.78, 5) is 24.3. The van der Waals surface area contributed by atoms with E-state index in [0.717, 1.165) is 49.5 Å². The van der Waals surface area contributed by atoms with Crippen LogP contribution < -0.4 is 10.1 Å². The standard InChI is InChI=1S/C27H32N4O2/c1-19-16-25(33-3)20(2)15-22(19)18-31-14-8-9-21(17-31)26(23-10-4-6-12-28-23)30-27(32)24-11-5-7-13-29-24/h4-7,10-13,15-16,21,26H,8-9,14,17-18H2,1-3H3,(H,30,32)/t21-,26+/m0/s1. The summed E-state index contributed by atoms with van der Waals surface area (Å²) in [6.07, 6.45) is 5.56. The van der Waals surface area contributed by atoms with Crippen LogP contribution in [0.5, 0.6) is 5.75 Å². The fourth-order valence-corrected chi connectivity index (χ4v) is 4.69. The molecule has 2 atom stereocenters. The second-order valence-electron chi connectivity index (χ2n) is 8.81. The molecular weight excluding hydrogens is 412 g/mol. The molecule has 4 rings (SSSR count). The summed E-state index contributed by atoms with van der Waals surface area (Å²) in [6.45, 7) is 7.06. The second-order valence-corrected chi connectivity index (χ2v) is 8.81. The van der Waals surface area contributed by atoms with E-state index in [1.54, 1.807) is 25.6 Å². The maximum Gasteiger partial charge on any atom is 0.270 e. The molecule has 1 amide bonds. The van der Waals surface area contributed by atoms with Crippen LogP contribution in [0.15, 0.2) is 60.9 Å². The lowest BCUT2D eigenvalue weighted by Crippen LogP contribution is -2.43. The van der Waals surface area contributed by atoms with E-state index in [0.29, 0.717) is 5.69 Å². The van der Waals surface area contributed by atoms with Gasteiger partial charge >= 0.3 is 0 Å². The van der Waals surface area contributed by atoms with Crippen LogP contribution in [0.2, 0.25) is 0 Å². The Labute approximate surface area is 196 Å². The summed E-state index contributed by atoms with van der Waals surface area (Å²) in [7, 11) is 1.72. The van der Waals surface area contributed by atoms with Gasteiger partial charge in [-0.15, -0.1) is 0 Å². The van der Waals surface area contributed by atoms with Gasteiger partial charge in [0.2, 0.25) is 0 Å². The molecule has 0 bridgehead atoms. The Morgan fingerprint density at radius 2 is 1.91 bits per heavy atom. The lowest BCUT2D eigenvalue weighted by atomic mass is 9.88. The highest BCUT2D eigenvalue weighted by molar-refractivity contribution is 5.92. The van der Waals surface area contributed by atoms with Gasteiger partial charge in [0.15, 0.2) is 0 Å². The van der Waals surface area contributed by atoms with E-state index in [1.807, 2.05) is 30.3 Å². The van der Waals surface area contributed by atoms with Crippen LogP contribution in [0.3, 0.4) is 0 Å². The first-order valence-electron chi connectivity index (χ1n) is 11.5. The molecule has 6 nitrogen and oxygen atoms in total. The third-order valence-electron chi connectivity index (χ3n) is 6.45. The maximum absolute atomic E-state index is 13.0. The number of hydrogen-bond donors (Lipinski definition) is 1. The van der Waals surface area contributed by atoms with Crippen molar-refractivity contribution in [2.24, 2.45) is 5.92 Å². The van der Waals surface area contributed by atoms with E-state index in [-0.39, 0.29) is 17.9 Å². The zero-order chi connectivity index (χ0) is 23.2. The van der Waals surface area contributed by atoms with E-state index < -0.39 is 0 Å². The minimum absolute atomic E-state index is 0.162. The van der Waals surface area contributed by atoms with Gasteiger partial charge in [-0.25, -0.2) is 0 Å². The van der Waals surface area contributed by atoms with Crippen molar-refractivity contribution in [3.05, 3.63) is 89.0 Å². The lowest BCUT2D eigenvalue weighted by molar-refractivity contribution is 0.0870. The highest BCUT2D eigenvalue weighted by atomic mass is 16.5. The smallest absolute Gasteiger partial charge is 0.270 e. The van der Waals surface area contributed by atoms with Gasteiger partial charge in [-0.05, 0) is 86.2 Å². The van der Waals surface area contributed by atoms with Gasteiger partial charge in [-0.2, -0.15) is 0 Å². The van der Waals surface area contributed by atoms with Crippen molar-refractivity contribution < 1.29 is 9.53 Å². The number of carbonyl (C=O) groups excluding carboxylic acids is 1. The summed E-state index contributed by atoms with van der Waals surface area (Å²) in [5.74, 6) is 1.03. The molecule has 6 heteroatoms. The largest absolute Gasteiger partial charge is 0.496 e. The molecule has 1 fully saturated rings. The van der Waals surface area contributed by atoms with Gasteiger partial charge in [0, 0.05) is 25.5 Å². The summed E-state index contributed by atoms with van der Waals surface area (Å²) in [5.41, 5.74) is 5.03. The van der Waals surface area contributed by atoms with Crippen LogP contribution in [0.25, 0.3) is 0 Å². The van der Waals surface area contributed by atoms with Crippen molar-refractivity contribution in [3.63, 3.8) is 0 Å². The Balaban J connectivity index is 1.53. The lowest BCUT2D eigenvalue weighted by Gasteiger charge is -2.37. The average molecular weight is 445 g/mol. The number of ether oxygens (including phenoxy) is 1. The SMILES string of the molecule is COc1cc(C)c(CN2CCC[C@H]([C@@H](NC(=O)c3ccccn3)c3ccccn3)C2)cc1C. The number of piperidine rings is 1. The third kappa shape index (κ3) is 5.57. The number of aromatic nitrogens is 2. The van der Waals surface area contributed by atoms with Crippen molar-refractivity contribution in [2.45, 2.75) is 39.3 Å². The number of carbonyl (C=O) groups is 1. The topological polar surface area (TPSA) is 67.3 Å². The predicted octanol–water partition coefficient (Wildman–Crippen LogP) is 4.49. The van der Waals surface area contributed by atoms with Gasteiger partial charge in [0.1, 0.15) is 11.4 Å². The predicted molar refractivity (Wildman–Crippen MR) is 129 cm³/mol. The van der Waals surface area contributed by atoms with Crippen LogP contribution in [-0.2, 0) is 6.54 Å². The zero-order valence-corrected chi connectivity index (χ0v) is 19.6. The van der Waals surface area contributed by atoms with Crippen molar-refractivity contribution >= 4 is 5.91 Å². The van der Waals surface area contributed by atoms with Crippen molar-refractivity contribution in [3.8, 4) is 5.75 Å². The molecule has 3 heterocycles. The number of methoxy groups -OCH3 is 1. The molecule has 0 saturated carbocycles. The number of nitrogens with zero attached hydrogens (tertiary/aromatic N) is 3. The number of aryl methyl sites for hydroxylation is 2. The molecule has 172 valence electrons. The van der Waals surface area contributed by atoms with Gasteiger partial charge in [-0.1, -0.05) is 18.2 Å². The molecule has 1 aliphatic rings. The Morgan fingerprint density at radius 3 is 2.61 bits per heavy atom. The fourth-order valence-electron chi connectivity index (χ4n) is 4.69. The van der Waals surface area contributed by atoms with E-state index >= 15 is 0 Å². The number of amides is 1. The highest BCUT2D eigenvalue weighted by Gasteiger charge is 2.31. The van der Waals surface area contributed by atoms with Crippen LogP contribution in [0.4, 0.5) is 0 Å². The van der Waals surface area contributed by atoms with Gasteiger partial charge in [0.25, 0.3) is 5.91 Å². The van der Waals surface area contributed by atoms with E-state index in [9.17, 15) is 4.79 Å². The first-order chi connectivity index (χ1) is 16.0. The van der Waals surface area contributed by atoms with Crippen LogP contribution >= 0.6 is 0 Å².